The average molecular weight is 284 g/mol. The van der Waals surface area contributed by atoms with Crippen molar-refractivity contribution >= 4 is 33.9 Å². The van der Waals surface area contributed by atoms with Gasteiger partial charge in [-0.25, -0.2) is 0 Å². The maximum absolute atomic E-state index is 6.05. The molecule has 0 saturated heterocycles. The van der Waals surface area contributed by atoms with E-state index in [0.29, 0.717) is 5.02 Å². The Morgan fingerprint density at radius 3 is 2.50 bits per heavy atom. The van der Waals surface area contributed by atoms with E-state index in [1.54, 1.807) is 0 Å². The van der Waals surface area contributed by atoms with E-state index in [2.05, 4.69) is 10.2 Å². The van der Waals surface area contributed by atoms with E-state index >= 15 is 0 Å². The number of benzene rings is 2. The number of aromatic nitrogens is 1. The molecule has 0 aliphatic carbocycles. The summed E-state index contributed by atoms with van der Waals surface area (Å²) in [5.41, 5.74) is 3.97. The predicted octanol–water partition coefficient (Wildman–Crippen LogP) is 5.56. The SMILES string of the molecule is Cc1ccc(N=Nc2cn(C)c3ccc(Cl)cc23)cc1. The van der Waals surface area contributed by atoms with E-state index in [-0.39, 0.29) is 0 Å². The number of hydrogen-bond acceptors (Lipinski definition) is 2. The summed E-state index contributed by atoms with van der Waals surface area (Å²) in [6.07, 6.45) is 1.96. The van der Waals surface area contributed by atoms with Crippen LogP contribution in [0, 0.1) is 6.92 Å². The molecule has 3 aromatic rings. The molecule has 2 aromatic carbocycles. The Labute approximate surface area is 122 Å². The fraction of sp³-hybridized carbons (Fsp3) is 0.125. The fourth-order valence-electron chi connectivity index (χ4n) is 2.15. The molecule has 0 atom stereocenters. The van der Waals surface area contributed by atoms with Crippen LogP contribution in [0.15, 0.2) is 58.9 Å². The molecule has 0 radical (unpaired) electrons. The second-order valence-electron chi connectivity index (χ2n) is 4.82. The Morgan fingerprint density at radius 1 is 1.00 bits per heavy atom. The number of halogens is 1. The lowest BCUT2D eigenvalue weighted by atomic mass is 10.2. The minimum absolute atomic E-state index is 0.704. The second kappa shape index (κ2) is 5.10. The van der Waals surface area contributed by atoms with E-state index in [4.69, 9.17) is 11.6 Å². The summed E-state index contributed by atoms with van der Waals surface area (Å²) in [5.74, 6) is 0. The Hall–Kier alpha value is -2.13. The van der Waals surface area contributed by atoms with Crippen LogP contribution in [0.25, 0.3) is 10.9 Å². The van der Waals surface area contributed by atoms with Crippen LogP contribution in [0.2, 0.25) is 5.02 Å². The molecule has 0 unspecified atom stereocenters. The molecule has 1 aromatic heterocycles. The van der Waals surface area contributed by atoms with E-state index in [1.807, 2.05) is 67.2 Å². The van der Waals surface area contributed by atoms with Crippen LogP contribution in [0.3, 0.4) is 0 Å². The Bertz CT molecular complexity index is 785. The van der Waals surface area contributed by atoms with Crippen molar-refractivity contribution in [2.24, 2.45) is 17.3 Å². The van der Waals surface area contributed by atoms with Gasteiger partial charge in [-0.2, -0.15) is 5.11 Å². The van der Waals surface area contributed by atoms with Gasteiger partial charge in [-0.3, -0.25) is 0 Å². The van der Waals surface area contributed by atoms with E-state index in [1.165, 1.54) is 5.56 Å². The summed E-state index contributed by atoms with van der Waals surface area (Å²) in [6, 6.07) is 13.7. The van der Waals surface area contributed by atoms with Crippen molar-refractivity contribution in [1.82, 2.24) is 4.57 Å². The van der Waals surface area contributed by atoms with Gasteiger partial charge in [-0.05, 0) is 37.3 Å². The van der Waals surface area contributed by atoms with Crippen LogP contribution in [0.5, 0.6) is 0 Å². The molecule has 0 aliphatic heterocycles. The van der Waals surface area contributed by atoms with Gasteiger partial charge in [-0.1, -0.05) is 29.3 Å². The summed E-state index contributed by atoms with van der Waals surface area (Å²) in [7, 11) is 1.99. The van der Waals surface area contributed by atoms with E-state index in [0.717, 1.165) is 22.3 Å². The van der Waals surface area contributed by atoms with Crippen LogP contribution in [0.4, 0.5) is 11.4 Å². The fourth-order valence-corrected chi connectivity index (χ4v) is 2.32. The topological polar surface area (TPSA) is 29.6 Å². The smallest absolute Gasteiger partial charge is 0.111 e. The quantitative estimate of drug-likeness (QED) is 0.552. The lowest BCUT2D eigenvalue weighted by Crippen LogP contribution is -1.81. The molecule has 0 bridgehead atoms. The van der Waals surface area contributed by atoms with Gasteiger partial charge in [0.15, 0.2) is 0 Å². The normalized spacial score (nSPS) is 11.6. The molecular weight excluding hydrogens is 270 g/mol. The Kier molecular flexibility index (Phi) is 3.28. The van der Waals surface area contributed by atoms with Crippen molar-refractivity contribution < 1.29 is 0 Å². The molecule has 3 nitrogen and oxygen atoms in total. The van der Waals surface area contributed by atoms with Crippen molar-refractivity contribution in [3.63, 3.8) is 0 Å². The Morgan fingerprint density at radius 2 is 1.75 bits per heavy atom. The number of fused-ring (bicyclic) bond motifs is 1. The molecule has 4 heteroatoms. The number of azo groups is 1. The molecule has 0 N–H and O–H groups in total. The molecule has 0 fully saturated rings. The van der Waals surface area contributed by atoms with Crippen LogP contribution in [-0.2, 0) is 7.05 Å². The third-order valence-electron chi connectivity index (χ3n) is 3.24. The molecule has 0 saturated carbocycles. The van der Waals surface area contributed by atoms with Crippen molar-refractivity contribution in [3.05, 3.63) is 59.2 Å². The van der Waals surface area contributed by atoms with Crippen molar-refractivity contribution in [1.29, 1.82) is 0 Å². The van der Waals surface area contributed by atoms with Gasteiger partial charge in [0, 0.05) is 23.7 Å². The lowest BCUT2D eigenvalue weighted by Gasteiger charge is -1.95. The van der Waals surface area contributed by atoms with Crippen molar-refractivity contribution in [2.75, 3.05) is 0 Å². The first-order valence-electron chi connectivity index (χ1n) is 6.36. The second-order valence-corrected chi connectivity index (χ2v) is 5.26. The first kappa shape index (κ1) is 12.9. The highest BCUT2D eigenvalue weighted by molar-refractivity contribution is 6.31. The molecule has 20 heavy (non-hydrogen) atoms. The first-order chi connectivity index (χ1) is 9.63. The third-order valence-corrected chi connectivity index (χ3v) is 3.47. The van der Waals surface area contributed by atoms with Crippen LogP contribution >= 0.6 is 11.6 Å². The highest BCUT2D eigenvalue weighted by atomic mass is 35.5. The molecule has 0 amide bonds. The van der Waals surface area contributed by atoms with Gasteiger partial charge in [0.2, 0.25) is 0 Å². The summed E-state index contributed by atoms with van der Waals surface area (Å²) >= 11 is 6.05. The van der Waals surface area contributed by atoms with Gasteiger partial charge in [0.25, 0.3) is 0 Å². The van der Waals surface area contributed by atoms with Crippen LogP contribution in [0.1, 0.15) is 5.56 Å². The van der Waals surface area contributed by atoms with E-state index in [9.17, 15) is 0 Å². The number of aryl methyl sites for hydroxylation is 2. The average Bonchev–Trinajstić information content (AvgIpc) is 2.74. The molecule has 0 spiro atoms. The molecule has 0 aliphatic rings. The largest absolute Gasteiger partial charge is 0.348 e. The Balaban J connectivity index is 2.02. The summed E-state index contributed by atoms with van der Waals surface area (Å²) in [4.78, 5) is 0. The third kappa shape index (κ3) is 2.45. The maximum Gasteiger partial charge on any atom is 0.111 e. The summed E-state index contributed by atoms with van der Waals surface area (Å²) in [5, 5.41) is 10.3. The summed E-state index contributed by atoms with van der Waals surface area (Å²) in [6.45, 7) is 2.05. The van der Waals surface area contributed by atoms with Crippen molar-refractivity contribution in [3.8, 4) is 0 Å². The number of nitrogens with zero attached hydrogens (tertiary/aromatic N) is 3. The van der Waals surface area contributed by atoms with Crippen molar-refractivity contribution in [2.45, 2.75) is 6.92 Å². The van der Waals surface area contributed by atoms with Gasteiger partial charge in [0.05, 0.1) is 11.2 Å². The molecule has 1 heterocycles. The maximum atomic E-state index is 6.05. The number of rotatable bonds is 2. The monoisotopic (exact) mass is 283 g/mol. The zero-order valence-corrected chi connectivity index (χ0v) is 12.1. The summed E-state index contributed by atoms with van der Waals surface area (Å²) < 4.78 is 2.02. The van der Waals surface area contributed by atoms with Crippen LogP contribution in [-0.4, -0.2) is 4.57 Å². The minimum Gasteiger partial charge on any atom is -0.348 e. The van der Waals surface area contributed by atoms with Gasteiger partial charge in [-0.15, -0.1) is 5.11 Å². The van der Waals surface area contributed by atoms with E-state index < -0.39 is 0 Å². The minimum atomic E-state index is 0.704. The molecule has 100 valence electrons. The molecule has 3 rings (SSSR count). The van der Waals surface area contributed by atoms with Gasteiger partial charge < -0.3 is 4.57 Å². The van der Waals surface area contributed by atoms with Gasteiger partial charge >= 0.3 is 0 Å². The highest BCUT2D eigenvalue weighted by Gasteiger charge is 2.06. The van der Waals surface area contributed by atoms with Gasteiger partial charge in [0.1, 0.15) is 5.69 Å². The van der Waals surface area contributed by atoms with Crippen LogP contribution < -0.4 is 0 Å². The lowest BCUT2D eigenvalue weighted by molar-refractivity contribution is 0.967. The highest BCUT2D eigenvalue weighted by Crippen LogP contribution is 2.31. The zero-order valence-electron chi connectivity index (χ0n) is 11.3. The standard InChI is InChI=1S/C16H14ClN3/c1-11-3-6-13(7-4-11)18-19-15-10-20(2)16-8-5-12(17)9-14(15)16/h3-10H,1-2H3. The first-order valence-corrected chi connectivity index (χ1v) is 6.74. The number of hydrogen-bond donors (Lipinski definition) is 0. The predicted molar refractivity (Wildman–Crippen MR) is 83.3 cm³/mol. The molecular formula is C16H14ClN3. The zero-order chi connectivity index (χ0) is 14.1.